The molecule has 1 aliphatic carbocycles. The first-order valence-corrected chi connectivity index (χ1v) is 7.78. The number of rotatable bonds is 4. The molecule has 0 N–H and O–H groups in total. The largest absolute Gasteiger partial charge is 0.370 e. The summed E-state index contributed by atoms with van der Waals surface area (Å²) in [7, 11) is 1.61. The fourth-order valence-electron chi connectivity index (χ4n) is 3.07. The summed E-state index contributed by atoms with van der Waals surface area (Å²) in [5.41, 5.74) is -0.00618. The van der Waals surface area contributed by atoms with Gasteiger partial charge in [-0.2, -0.15) is 0 Å². The van der Waals surface area contributed by atoms with Crippen molar-refractivity contribution >= 4 is 21.7 Å². The summed E-state index contributed by atoms with van der Waals surface area (Å²) in [4.78, 5) is 12.7. The number of ether oxygens (including phenoxy) is 1. The van der Waals surface area contributed by atoms with Crippen LogP contribution in [0.5, 0.6) is 0 Å². The zero-order valence-electron chi connectivity index (χ0n) is 11.9. The molecule has 0 heterocycles. The molecule has 1 aliphatic rings. The molecule has 2 rings (SSSR count). The highest BCUT2D eigenvalue weighted by molar-refractivity contribution is 9.10. The van der Waals surface area contributed by atoms with Gasteiger partial charge in [0, 0.05) is 18.0 Å². The number of carbonyl (C=O) groups excluding carboxylic acids is 1. The van der Waals surface area contributed by atoms with Crippen molar-refractivity contribution in [2.45, 2.75) is 44.6 Å². The topological polar surface area (TPSA) is 26.3 Å². The molecule has 0 radical (unpaired) electrons. The molecule has 0 aromatic heterocycles. The van der Waals surface area contributed by atoms with Crippen LogP contribution >= 0.6 is 15.9 Å². The fourth-order valence-corrected chi connectivity index (χ4v) is 3.46. The lowest BCUT2D eigenvalue weighted by Crippen LogP contribution is -2.45. The normalized spacial score (nSPS) is 26.5. The van der Waals surface area contributed by atoms with E-state index in [2.05, 4.69) is 22.9 Å². The third-order valence-corrected chi connectivity index (χ3v) is 4.99. The maximum atomic E-state index is 13.3. The molecular formula is C16H20BrFO2. The van der Waals surface area contributed by atoms with Crippen LogP contribution in [-0.2, 0) is 16.0 Å². The van der Waals surface area contributed by atoms with E-state index >= 15 is 0 Å². The van der Waals surface area contributed by atoms with Crippen molar-refractivity contribution in [2.75, 3.05) is 7.11 Å². The van der Waals surface area contributed by atoms with Crippen LogP contribution in [0.25, 0.3) is 0 Å². The van der Waals surface area contributed by atoms with Gasteiger partial charge in [-0.1, -0.05) is 29.3 Å². The van der Waals surface area contributed by atoms with Gasteiger partial charge in [0.2, 0.25) is 0 Å². The first kappa shape index (κ1) is 15.6. The maximum absolute atomic E-state index is 13.3. The lowest BCUT2D eigenvalue weighted by atomic mass is 9.75. The summed E-state index contributed by atoms with van der Waals surface area (Å²) in [6.45, 7) is 2.15. The van der Waals surface area contributed by atoms with E-state index in [0.717, 1.165) is 30.2 Å². The van der Waals surface area contributed by atoms with Crippen molar-refractivity contribution in [3.63, 3.8) is 0 Å². The Morgan fingerprint density at radius 2 is 2.30 bits per heavy atom. The van der Waals surface area contributed by atoms with Crippen molar-refractivity contribution in [2.24, 2.45) is 5.92 Å². The maximum Gasteiger partial charge on any atom is 0.169 e. The minimum atomic E-state index is -0.691. The van der Waals surface area contributed by atoms with Crippen LogP contribution in [0.4, 0.5) is 4.39 Å². The van der Waals surface area contributed by atoms with Gasteiger partial charge in [-0.15, -0.1) is 0 Å². The quantitative estimate of drug-likeness (QED) is 0.815. The Kier molecular flexibility index (Phi) is 4.97. The van der Waals surface area contributed by atoms with Gasteiger partial charge in [0.05, 0.1) is 0 Å². The van der Waals surface area contributed by atoms with E-state index in [-0.39, 0.29) is 18.0 Å². The van der Waals surface area contributed by atoms with Gasteiger partial charge in [-0.3, -0.25) is 4.79 Å². The molecule has 20 heavy (non-hydrogen) atoms. The molecule has 0 saturated heterocycles. The minimum Gasteiger partial charge on any atom is -0.370 e. The molecule has 0 amide bonds. The average Bonchev–Trinajstić information content (AvgIpc) is 2.42. The van der Waals surface area contributed by atoms with Gasteiger partial charge >= 0.3 is 0 Å². The number of ketones is 1. The van der Waals surface area contributed by atoms with Gasteiger partial charge < -0.3 is 4.74 Å². The molecule has 1 fully saturated rings. The Bertz CT molecular complexity index is 503. The summed E-state index contributed by atoms with van der Waals surface area (Å²) in [5, 5.41) is 0. The molecule has 1 aromatic rings. The average molecular weight is 343 g/mol. The second-order valence-electron chi connectivity index (χ2n) is 5.74. The third kappa shape index (κ3) is 3.29. The van der Waals surface area contributed by atoms with E-state index in [0.29, 0.717) is 11.5 Å². The Labute approximate surface area is 127 Å². The summed E-state index contributed by atoms with van der Waals surface area (Å²) in [6.07, 6.45) is 3.88. The highest BCUT2D eigenvalue weighted by atomic mass is 79.9. The Morgan fingerprint density at radius 3 is 2.95 bits per heavy atom. The van der Waals surface area contributed by atoms with Crippen molar-refractivity contribution in [1.29, 1.82) is 0 Å². The van der Waals surface area contributed by atoms with Crippen LogP contribution in [0.15, 0.2) is 22.7 Å². The van der Waals surface area contributed by atoms with Crippen LogP contribution in [0.3, 0.4) is 0 Å². The summed E-state index contributed by atoms with van der Waals surface area (Å²) in [5.74, 6) is 0.223. The van der Waals surface area contributed by atoms with Crippen LogP contribution in [0, 0.1) is 11.7 Å². The second-order valence-corrected chi connectivity index (χ2v) is 6.59. The van der Waals surface area contributed by atoms with E-state index in [1.165, 1.54) is 12.1 Å². The number of halogens is 2. The lowest BCUT2D eigenvalue weighted by molar-refractivity contribution is -0.146. The predicted molar refractivity (Wildman–Crippen MR) is 80.2 cm³/mol. The number of Topliss-reactive ketones (excluding diaryl/α,β-unsaturated/α-hetero) is 1. The van der Waals surface area contributed by atoms with Crippen LogP contribution in [0.1, 0.15) is 38.2 Å². The van der Waals surface area contributed by atoms with Gasteiger partial charge in [0.1, 0.15) is 11.4 Å². The molecule has 2 atom stereocenters. The Morgan fingerprint density at radius 1 is 1.55 bits per heavy atom. The lowest BCUT2D eigenvalue weighted by Gasteiger charge is -2.37. The summed E-state index contributed by atoms with van der Waals surface area (Å²) in [6, 6.07) is 4.44. The summed E-state index contributed by atoms with van der Waals surface area (Å²) < 4.78 is 19.7. The molecular weight excluding hydrogens is 323 g/mol. The highest BCUT2D eigenvalue weighted by Crippen LogP contribution is 2.36. The predicted octanol–water partition coefficient (Wildman–Crippen LogP) is 4.30. The van der Waals surface area contributed by atoms with Crippen LogP contribution in [-0.4, -0.2) is 18.5 Å². The van der Waals surface area contributed by atoms with Gasteiger partial charge in [-0.25, -0.2) is 4.39 Å². The van der Waals surface area contributed by atoms with E-state index in [9.17, 15) is 9.18 Å². The van der Waals surface area contributed by atoms with E-state index in [4.69, 9.17) is 4.74 Å². The number of carbonyl (C=O) groups is 1. The Hall–Kier alpha value is -0.740. The zero-order valence-corrected chi connectivity index (χ0v) is 13.5. The summed E-state index contributed by atoms with van der Waals surface area (Å²) >= 11 is 3.37. The smallest absolute Gasteiger partial charge is 0.169 e. The molecule has 0 bridgehead atoms. The minimum absolute atomic E-state index is 0.0536. The molecule has 110 valence electrons. The number of benzene rings is 1. The van der Waals surface area contributed by atoms with Gasteiger partial charge in [-0.05, 0) is 48.9 Å². The molecule has 2 nitrogen and oxygen atoms in total. The van der Waals surface area contributed by atoms with Gasteiger partial charge in [0.15, 0.2) is 5.78 Å². The highest BCUT2D eigenvalue weighted by Gasteiger charge is 2.41. The van der Waals surface area contributed by atoms with Crippen molar-refractivity contribution in [3.8, 4) is 0 Å². The second kappa shape index (κ2) is 6.35. The third-order valence-electron chi connectivity index (χ3n) is 4.21. The molecule has 1 aromatic carbocycles. The molecule has 0 spiro atoms. The standard InChI is InChI=1S/C16H20BrFO2/c1-11-4-3-7-16(10-11,20-2)15(19)9-12-8-13(18)5-6-14(12)17/h5-6,8,11H,3-4,7,9-10H2,1-2H3. The van der Waals surface area contributed by atoms with Gasteiger partial charge in [0.25, 0.3) is 0 Å². The van der Waals surface area contributed by atoms with E-state index in [1.54, 1.807) is 13.2 Å². The molecule has 2 unspecified atom stereocenters. The molecule has 4 heteroatoms. The molecule has 0 aliphatic heterocycles. The van der Waals surface area contributed by atoms with E-state index < -0.39 is 5.60 Å². The first-order chi connectivity index (χ1) is 9.47. The Balaban J connectivity index is 2.19. The first-order valence-electron chi connectivity index (χ1n) is 6.99. The van der Waals surface area contributed by atoms with Crippen LogP contribution < -0.4 is 0 Å². The number of hydrogen-bond donors (Lipinski definition) is 0. The zero-order chi connectivity index (χ0) is 14.8. The van der Waals surface area contributed by atoms with Crippen molar-refractivity contribution in [3.05, 3.63) is 34.1 Å². The van der Waals surface area contributed by atoms with E-state index in [1.807, 2.05) is 0 Å². The number of hydrogen-bond acceptors (Lipinski definition) is 2. The van der Waals surface area contributed by atoms with Crippen molar-refractivity contribution < 1.29 is 13.9 Å². The monoisotopic (exact) mass is 342 g/mol. The SMILES string of the molecule is COC1(C(=O)Cc2cc(F)ccc2Br)CCCC(C)C1. The van der Waals surface area contributed by atoms with Crippen LogP contribution in [0.2, 0.25) is 0 Å². The molecule has 1 saturated carbocycles. The van der Waals surface area contributed by atoms with Crippen molar-refractivity contribution in [1.82, 2.24) is 0 Å². The number of methoxy groups -OCH3 is 1. The fraction of sp³-hybridized carbons (Fsp3) is 0.562.